The van der Waals surface area contributed by atoms with Crippen molar-refractivity contribution in [2.75, 3.05) is 0 Å². The van der Waals surface area contributed by atoms with Gasteiger partial charge in [0.2, 0.25) is 5.17 Å². The Balaban J connectivity index is 1.40. The van der Waals surface area contributed by atoms with Crippen molar-refractivity contribution < 1.29 is 14.1 Å². The molecule has 9 nitrogen and oxygen atoms in total. The fraction of sp³-hybridized carbons (Fsp3) is 0.273. The largest absolute Gasteiger partial charge is 0.457 e. The highest BCUT2D eigenvalue weighted by Crippen LogP contribution is 2.36. The third kappa shape index (κ3) is 3.77. The summed E-state index contributed by atoms with van der Waals surface area (Å²) in [5.41, 5.74) is 0.595. The zero-order valence-corrected chi connectivity index (χ0v) is 17.8. The van der Waals surface area contributed by atoms with Crippen LogP contribution in [0.25, 0.3) is 17.4 Å². The number of rotatable bonds is 4. The first-order valence-electron chi connectivity index (χ1n) is 10.3. The SMILES string of the molecule is N=C1/C(=C\c2ccc(-c3cccc([N+](=O)[O-])c3)o2)C(=O)N=C2SC(C3CCCCC3)=NN12. The van der Waals surface area contributed by atoms with Crippen LogP contribution in [0, 0.1) is 21.4 Å². The Morgan fingerprint density at radius 3 is 2.81 bits per heavy atom. The molecule has 2 aliphatic heterocycles. The van der Waals surface area contributed by atoms with Gasteiger partial charge in [-0.05, 0) is 42.8 Å². The number of nitrogens with one attached hydrogen (secondary N) is 1. The fourth-order valence-corrected chi connectivity index (χ4v) is 5.08. The molecule has 1 saturated carbocycles. The van der Waals surface area contributed by atoms with E-state index in [2.05, 4.69) is 10.1 Å². The molecule has 1 aromatic carbocycles. The van der Waals surface area contributed by atoms with Crippen molar-refractivity contribution in [3.8, 4) is 11.3 Å². The number of nitro benzene ring substituents is 1. The standard InChI is InChI=1S/C22H19N5O4S/c23-19-17(12-16-9-10-18(31-16)14-7-4-8-15(11-14)27(29)30)20(28)24-22-26(19)25-21(32-22)13-5-2-1-3-6-13/h4,7-13,23H,1-3,5-6H2/b17-12+,23-19?. The van der Waals surface area contributed by atoms with Gasteiger partial charge in [-0.25, -0.2) is 0 Å². The molecule has 0 spiro atoms. The summed E-state index contributed by atoms with van der Waals surface area (Å²) < 4.78 is 5.78. The number of non-ortho nitro benzene ring substituents is 1. The summed E-state index contributed by atoms with van der Waals surface area (Å²) >= 11 is 1.38. The summed E-state index contributed by atoms with van der Waals surface area (Å²) in [6.45, 7) is 0. The second-order valence-corrected chi connectivity index (χ2v) is 8.79. The third-order valence-electron chi connectivity index (χ3n) is 5.68. The highest BCUT2D eigenvalue weighted by Gasteiger charge is 2.38. The first-order chi connectivity index (χ1) is 15.5. The smallest absolute Gasteiger partial charge is 0.283 e. The summed E-state index contributed by atoms with van der Waals surface area (Å²) in [7, 11) is 0. The quantitative estimate of drug-likeness (QED) is 0.395. The molecule has 0 saturated heterocycles. The summed E-state index contributed by atoms with van der Waals surface area (Å²) in [6.07, 6.45) is 7.19. The average Bonchev–Trinajstić information content (AvgIpc) is 3.45. The van der Waals surface area contributed by atoms with Gasteiger partial charge in [-0.15, -0.1) is 0 Å². The second-order valence-electron chi connectivity index (χ2n) is 7.80. The van der Waals surface area contributed by atoms with E-state index in [9.17, 15) is 14.9 Å². The van der Waals surface area contributed by atoms with Gasteiger partial charge in [0, 0.05) is 23.6 Å². The Kier molecular flexibility index (Phi) is 5.22. The number of hydrogen-bond acceptors (Lipinski definition) is 7. The molecule has 0 bridgehead atoms. The van der Waals surface area contributed by atoms with Gasteiger partial charge in [0.25, 0.3) is 11.6 Å². The summed E-state index contributed by atoms with van der Waals surface area (Å²) in [6, 6.07) is 9.43. The van der Waals surface area contributed by atoms with Crippen molar-refractivity contribution in [3.63, 3.8) is 0 Å². The van der Waals surface area contributed by atoms with Crippen molar-refractivity contribution in [1.29, 1.82) is 5.41 Å². The molecule has 0 atom stereocenters. The zero-order chi connectivity index (χ0) is 22.2. The maximum absolute atomic E-state index is 12.6. The zero-order valence-electron chi connectivity index (χ0n) is 17.0. The maximum atomic E-state index is 12.6. The van der Waals surface area contributed by atoms with E-state index < -0.39 is 10.8 Å². The summed E-state index contributed by atoms with van der Waals surface area (Å²) in [5, 5.41) is 26.9. The molecule has 5 rings (SSSR count). The Hall–Kier alpha value is -3.53. The minimum absolute atomic E-state index is 0.0355. The van der Waals surface area contributed by atoms with Gasteiger partial charge in [-0.1, -0.05) is 31.4 Å². The molecule has 2 aromatic rings. The number of carbonyl (C=O) groups excluding carboxylic acids is 1. The van der Waals surface area contributed by atoms with Gasteiger partial charge >= 0.3 is 0 Å². The average molecular weight is 449 g/mol. The molecule has 10 heteroatoms. The predicted octanol–water partition coefficient (Wildman–Crippen LogP) is 5.05. The van der Waals surface area contributed by atoms with E-state index in [0.717, 1.165) is 17.9 Å². The van der Waals surface area contributed by atoms with Gasteiger partial charge in [0.15, 0.2) is 5.84 Å². The lowest BCUT2D eigenvalue weighted by atomic mass is 9.90. The van der Waals surface area contributed by atoms with Crippen LogP contribution in [0.15, 0.2) is 56.5 Å². The van der Waals surface area contributed by atoms with Crippen LogP contribution in [0.4, 0.5) is 5.69 Å². The van der Waals surface area contributed by atoms with Crippen LogP contribution in [-0.2, 0) is 4.79 Å². The van der Waals surface area contributed by atoms with Gasteiger partial charge in [0.1, 0.15) is 16.6 Å². The highest BCUT2D eigenvalue weighted by molar-refractivity contribution is 8.27. The lowest BCUT2D eigenvalue weighted by molar-refractivity contribution is -0.384. The van der Waals surface area contributed by atoms with Crippen LogP contribution in [0.5, 0.6) is 0 Å². The van der Waals surface area contributed by atoms with Gasteiger partial charge in [0.05, 0.1) is 10.5 Å². The van der Waals surface area contributed by atoms with Gasteiger partial charge in [-0.3, -0.25) is 20.3 Å². The number of benzene rings is 1. The van der Waals surface area contributed by atoms with E-state index in [0.29, 0.717) is 28.2 Å². The van der Waals surface area contributed by atoms with Crippen LogP contribution in [0.1, 0.15) is 37.9 Å². The molecule has 3 heterocycles. The Labute approximate surface area is 187 Å². The van der Waals surface area contributed by atoms with Crippen molar-refractivity contribution in [2.45, 2.75) is 32.1 Å². The first-order valence-corrected chi connectivity index (χ1v) is 11.2. The van der Waals surface area contributed by atoms with Gasteiger partial charge < -0.3 is 4.42 Å². The van der Waals surface area contributed by atoms with Crippen molar-refractivity contribution in [1.82, 2.24) is 5.01 Å². The Morgan fingerprint density at radius 1 is 1.22 bits per heavy atom. The number of amides is 1. The first kappa shape index (κ1) is 20.4. The monoisotopic (exact) mass is 449 g/mol. The molecular weight excluding hydrogens is 430 g/mol. The van der Waals surface area contributed by atoms with Crippen molar-refractivity contribution in [2.24, 2.45) is 16.0 Å². The number of nitrogens with zero attached hydrogens (tertiary/aromatic N) is 4. The fourth-order valence-electron chi connectivity index (χ4n) is 4.02. The highest BCUT2D eigenvalue weighted by atomic mass is 32.2. The van der Waals surface area contributed by atoms with Crippen LogP contribution in [0.2, 0.25) is 0 Å². The molecular formula is C22H19N5O4S. The van der Waals surface area contributed by atoms with Crippen molar-refractivity contribution >= 4 is 45.5 Å². The van der Waals surface area contributed by atoms with Crippen LogP contribution >= 0.6 is 11.8 Å². The molecule has 1 fully saturated rings. The minimum Gasteiger partial charge on any atom is -0.457 e. The van der Waals surface area contributed by atoms with Crippen molar-refractivity contribution in [3.05, 3.63) is 57.8 Å². The number of carbonyl (C=O) groups is 1. The van der Waals surface area contributed by atoms with Crippen LogP contribution in [0.3, 0.4) is 0 Å². The van der Waals surface area contributed by atoms with E-state index in [-0.39, 0.29) is 17.1 Å². The lowest BCUT2D eigenvalue weighted by Crippen LogP contribution is -2.35. The molecule has 0 unspecified atom stereocenters. The summed E-state index contributed by atoms with van der Waals surface area (Å²) in [4.78, 5) is 27.3. The van der Waals surface area contributed by atoms with Crippen LogP contribution in [-0.4, -0.2) is 31.9 Å². The van der Waals surface area contributed by atoms with E-state index in [1.165, 1.54) is 54.2 Å². The summed E-state index contributed by atoms with van der Waals surface area (Å²) in [5.74, 6) is 0.587. The van der Waals surface area contributed by atoms with E-state index in [1.54, 1.807) is 24.3 Å². The van der Waals surface area contributed by atoms with Gasteiger partial charge in [-0.2, -0.15) is 15.1 Å². The Morgan fingerprint density at radius 2 is 2.03 bits per heavy atom. The number of amidine groups is 2. The minimum atomic E-state index is -0.512. The number of fused-ring (bicyclic) bond motifs is 1. The van der Waals surface area contributed by atoms with E-state index in [4.69, 9.17) is 9.83 Å². The third-order valence-corrected chi connectivity index (χ3v) is 6.75. The Bertz CT molecular complexity index is 1220. The maximum Gasteiger partial charge on any atom is 0.283 e. The molecule has 1 aliphatic carbocycles. The molecule has 1 amide bonds. The molecule has 1 aromatic heterocycles. The second kappa shape index (κ2) is 8.19. The number of aliphatic imine (C=N–C) groups is 1. The number of hydrogen-bond donors (Lipinski definition) is 1. The number of furan rings is 1. The molecule has 162 valence electrons. The lowest BCUT2D eigenvalue weighted by Gasteiger charge is -2.20. The number of nitro groups is 1. The van der Waals surface area contributed by atoms with E-state index >= 15 is 0 Å². The number of thioether (sulfide) groups is 1. The molecule has 3 aliphatic rings. The topological polar surface area (TPSA) is 125 Å². The normalized spacial score (nSPS) is 20.4. The number of hydrazone groups is 1. The van der Waals surface area contributed by atoms with Crippen LogP contribution < -0.4 is 0 Å². The molecule has 32 heavy (non-hydrogen) atoms. The van der Waals surface area contributed by atoms with E-state index in [1.807, 2.05) is 0 Å². The molecule has 0 radical (unpaired) electrons. The predicted molar refractivity (Wildman–Crippen MR) is 122 cm³/mol. The molecule has 1 N–H and O–H groups in total.